The highest BCUT2D eigenvalue weighted by Crippen LogP contribution is 2.14. The van der Waals surface area contributed by atoms with Crippen LogP contribution in [-0.4, -0.2) is 47.3 Å². The number of hydrogen-bond donors (Lipinski definition) is 0. The molecule has 0 spiro atoms. The van der Waals surface area contributed by atoms with Crippen molar-refractivity contribution >= 4 is 11.8 Å². The molecule has 0 aromatic heterocycles. The minimum atomic E-state index is -0.280. The monoisotopic (exact) mass is 248 g/mol. The van der Waals surface area contributed by atoms with Crippen molar-refractivity contribution in [3.63, 3.8) is 0 Å². The van der Waals surface area contributed by atoms with Gasteiger partial charge in [-0.1, -0.05) is 18.3 Å². The molecule has 0 bridgehead atoms. The molecule has 4 heteroatoms. The van der Waals surface area contributed by atoms with Gasteiger partial charge in [-0.25, -0.2) is 0 Å². The van der Waals surface area contributed by atoms with Crippen LogP contribution in [0.4, 0.5) is 0 Å². The van der Waals surface area contributed by atoms with Crippen molar-refractivity contribution in [3.8, 4) is 11.8 Å². The van der Waals surface area contributed by atoms with Gasteiger partial charge in [-0.15, -0.1) is 0 Å². The van der Waals surface area contributed by atoms with Gasteiger partial charge in [-0.05, 0) is 32.9 Å². The molecule has 0 aromatic carbocycles. The maximum atomic E-state index is 11.5. The summed E-state index contributed by atoms with van der Waals surface area (Å²) >= 11 is 0. The van der Waals surface area contributed by atoms with Gasteiger partial charge in [0.05, 0.1) is 12.6 Å². The molecular weight excluding hydrogens is 228 g/mol. The summed E-state index contributed by atoms with van der Waals surface area (Å²) in [6.45, 7) is 4.81. The maximum absolute atomic E-state index is 11.5. The minimum absolute atomic E-state index is 0.0835. The van der Waals surface area contributed by atoms with Crippen LogP contribution in [0.5, 0.6) is 0 Å². The summed E-state index contributed by atoms with van der Waals surface area (Å²) in [5.74, 6) is 5.96. The topological polar surface area (TPSA) is 40.6 Å². The molecule has 2 saturated heterocycles. The van der Waals surface area contributed by atoms with E-state index in [1.165, 1.54) is 24.2 Å². The molecule has 2 heterocycles. The van der Waals surface area contributed by atoms with E-state index in [0.717, 1.165) is 19.6 Å². The molecular formula is C14H20N2O2. The molecule has 98 valence electrons. The average Bonchev–Trinajstić information content (AvgIpc) is 2.70. The van der Waals surface area contributed by atoms with Crippen molar-refractivity contribution < 1.29 is 9.59 Å². The lowest BCUT2D eigenvalue weighted by Crippen LogP contribution is -2.36. The van der Waals surface area contributed by atoms with Crippen molar-refractivity contribution in [2.24, 2.45) is 0 Å². The Labute approximate surface area is 108 Å². The van der Waals surface area contributed by atoms with Crippen molar-refractivity contribution in [3.05, 3.63) is 0 Å². The van der Waals surface area contributed by atoms with E-state index in [1.54, 1.807) is 0 Å². The van der Waals surface area contributed by atoms with Gasteiger partial charge in [0.2, 0.25) is 11.8 Å². The molecule has 2 amide bonds. The standard InChI is InChI=1S/C14H20N2O2/c1-12(16-13(17)7-8-14(16)18)6-5-11-15-9-3-2-4-10-15/h12H,2-4,7-11H2,1H3. The summed E-state index contributed by atoms with van der Waals surface area (Å²) in [6.07, 6.45) is 4.51. The molecule has 2 aliphatic heterocycles. The molecule has 1 unspecified atom stereocenters. The van der Waals surface area contributed by atoms with Crippen molar-refractivity contribution in [1.29, 1.82) is 0 Å². The van der Waals surface area contributed by atoms with Crippen molar-refractivity contribution in [2.75, 3.05) is 19.6 Å². The van der Waals surface area contributed by atoms with E-state index in [-0.39, 0.29) is 17.9 Å². The molecule has 18 heavy (non-hydrogen) atoms. The average molecular weight is 248 g/mol. The molecule has 0 aromatic rings. The fourth-order valence-electron chi connectivity index (χ4n) is 2.51. The zero-order valence-electron chi connectivity index (χ0n) is 10.9. The van der Waals surface area contributed by atoms with Crippen LogP contribution < -0.4 is 0 Å². The second kappa shape index (κ2) is 6.01. The van der Waals surface area contributed by atoms with Gasteiger partial charge in [0.15, 0.2) is 0 Å². The quantitative estimate of drug-likeness (QED) is 0.541. The number of piperidine rings is 1. The van der Waals surface area contributed by atoms with E-state index >= 15 is 0 Å². The van der Waals surface area contributed by atoms with Gasteiger partial charge < -0.3 is 0 Å². The number of carbonyl (C=O) groups excluding carboxylic acids is 2. The first-order chi connectivity index (χ1) is 8.68. The molecule has 2 aliphatic rings. The Kier molecular flexibility index (Phi) is 4.38. The van der Waals surface area contributed by atoms with Crippen LogP contribution in [0.25, 0.3) is 0 Å². The fourth-order valence-corrected chi connectivity index (χ4v) is 2.51. The predicted octanol–water partition coefficient (Wildman–Crippen LogP) is 1.01. The Bertz CT molecular complexity index is 372. The molecule has 4 nitrogen and oxygen atoms in total. The first kappa shape index (κ1) is 13.1. The Morgan fingerprint density at radius 3 is 2.33 bits per heavy atom. The minimum Gasteiger partial charge on any atom is -0.292 e. The summed E-state index contributed by atoms with van der Waals surface area (Å²) in [4.78, 5) is 26.7. The third-order valence-corrected chi connectivity index (χ3v) is 3.54. The maximum Gasteiger partial charge on any atom is 0.230 e. The molecule has 1 atom stereocenters. The SMILES string of the molecule is CC(C#CCN1CCCCC1)N1C(=O)CCC1=O. The second-order valence-electron chi connectivity index (χ2n) is 4.99. The summed E-state index contributed by atoms with van der Waals surface area (Å²) < 4.78 is 0. The van der Waals surface area contributed by atoms with Crippen LogP contribution in [0.3, 0.4) is 0 Å². The lowest BCUT2D eigenvalue weighted by Gasteiger charge is -2.24. The zero-order chi connectivity index (χ0) is 13.0. The first-order valence-electron chi connectivity index (χ1n) is 6.74. The van der Waals surface area contributed by atoms with E-state index in [9.17, 15) is 9.59 Å². The highest BCUT2D eigenvalue weighted by atomic mass is 16.2. The first-order valence-corrected chi connectivity index (χ1v) is 6.74. The molecule has 2 rings (SSSR count). The van der Waals surface area contributed by atoms with Gasteiger partial charge in [0.25, 0.3) is 0 Å². The van der Waals surface area contributed by atoms with Gasteiger partial charge in [0, 0.05) is 12.8 Å². The number of amides is 2. The predicted molar refractivity (Wildman–Crippen MR) is 68.6 cm³/mol. The summed E-state index contributed by atoms with van der Waals surface area (Å²) in [5, 5.41) is 0. The van der Waals surface area contributed by atoms with E-state index < -0.39 is 0 Å². The molecule has 2 fully saturated rings. The third-order valence-electron chi connectivity index (χ3n) is 3.54. The molecule has 0 saturated carbocycles. The molecule has 0 N–H and O–H groups in total. The van der Waals surface area contributed by atoms with Crippen LogP contribution in [0.1, 0.15) is 39.0 Å². The smallest absolute Gasteiger partial charge is 0.230 e. The van der Waals surface area contributed by atoms with Gasteiger partial charge in [-0.2, -0.15) is 0 Å². The van der Waals surface area contributed by atoms with E-state index in [2.05, 4.69) is 16.7 Å². The molecule has 0 radical (unpaired) electrons. The van der Waals surface area contributed by atoms with Crippen molar-refractivity contribution in [1.82, 2.24) is 9.80 Å². The van der Waals surface area contributed by atoms with Crippen LogP contribution in [0.2, 0.25) is 0 Å². The number of rotatable bonds is 2. The zero-order valence-corrected chi connectivity index (χ0v) is 10.9. The lowest BCUT2D eigenvalue weighted by atomic mass is 10.1. The summed E-state index contributed by atoms with van der Waals surface area (Å²) in [7, 11) is 0. The van der Waals surface area contributed by atoms with Crippen LogP contribution in [-0.2, 0) is 9.59 Å². The van der Waals surface area contributed by atoms with Gasteiger partial charge >= 0.3 is 0 Å². The highest BCUT2D eigenvalue weighted by Gasteiger charge is 2.31. The lowest BCUT2D eigenvalue weighted by molar-refractivity contribution is -0.139. The molecule has 0 aliphatic carbocycles. The van der Waals surface area contributed by atoms with E-state index in [0.29, 0.717) is 12.8 Å². The third kappa shape index (κ3) is 3.11. The van der Waals surface area contributed by atoms with Crippen molar-refractivity contribution in [2.45, 2.75) is 45.1 Å². The van der Waals surface area contributed by atoms with Crippen LogP contribution in [0.15, 0.2) is 0 Å². The second-order valence-corrected chi connectivity index (χ2v) is 4.99. The van der Waals surface area contributed by atoms with Gasteiger partial charge in [0.1, 0.15) is 0 Å². The number of nitrogens with zero attached hydrogens (tertiary/aromatic N) is 2. The fraction of sp³-hybridized carbons (Fsp3) is 0.714. The van der Waals surface area contributed by atoms with Crippen LogP contribution in [0, 0.1) is 11.8 Å². The Hall–Kier alpha value is -1.34. The Morgan fingerprint density at radius 1 is 1.11 bits per heavy atom. The van der Waals surface area contributed by atoms with E-state index in [4.69, 9.17) is 0 Å². The Balaban J connectivity index is 1.85. The Morgan fingerprint density at radius 2 is 1.72 bits per heavy atom. The summed E-state index contributed by atoms with van der Waals surface area (Å²) in [6, 6.07) is -0.280. The largest absolute Gasteiger partial charge is 0.292 e. The number of imide groups is 1. The number of likely N-dealkylation sites (tertiary alicyclic amines) is 2. The number of hydrogen-bond acceptors (Lipinski definition) is 3. The van der Waals surface area contributed by atoms with E-state index in [1.807, 2.05) is 6.92 Å². The van der Waals surface area contributed by atoms with Gasteiger partial charge in [-0.3, -0.25) is 19.4 Å². The number of carbonyl (C=O) groups is 2. The summed E-state index contributed by atoms with van der Waals surface area (Å²) in [5.41, 5.74) is 0. The van der Waals surface area contributed by atoms with Crippen LogP contribution >= 0.6 is 0 Å². The highest BCUT2D eigenvalue weighted by molar-refractivity contribution is 6.02. The normalized spacial score (nSPS) is 22.8.